The summed E-state index contributed by atoms with van der Waals surface area (Å²) in [6.07, 6.45) is 3.01. The van der Waals surface area contributed by atoms with Crippen LogP contribution in [0.15, 0.2) is 16.2 Å². The van der Waals surface area contributed by atoms with Gasteiger partial charge in [0, 0.05) is 39.3 Å². The highest BCUT2D eigenvalue weighted by Crippen LogP contribution is 2.39. The van der Waals surface area contributed by atoms with Gasteiger partial charge >= 0.3 is 0 Å². The molecule has 0 radical (unpaired) electrons. The van der Waals surface area contributed by atoms with Gasteiger partial charge in [0.2, 0.25) is 0 Å². The average molecular weight is 438 g/mol. The van der Waals surface area contributed by atoms with E-state index in [9.17, 15) is 14.7 Å². The summed E-state index contributed by atoms with van der Waals surface area (Å²) < 4.78 is 1.04. The van der Waals surface area contributed by atoms with Gasteiger partial charge in [-0.1, -0.05) is 0 Å². The van der Waals surface area contributed by atoms with Crippen LogP contribution in [0.5, 0.6) is 0 Å². The molecule has 4 N–H and O–H groups in total. The minimum absolute atomic E-state index is 0.00945. The molecule has 1 saturated carbocycles. The van der Waals surface area contributed by atoms with E-state index in [0.717, 1.165) is 51.8 Å². The number of aromatic nitrogens is 1. The summed E-state index contributed by atoms with van der Waals surface area (Å²) in [4.78, 5) is 28.7. The second-order valence-electron chi connectivity index (χ2n) is 8.03. The van der Waals surface area contributed by atoms with Crippen LogP contribution in [0.25, 0.3) is 0 Å². The predicted octanol–water partition coefficient (Wildman–Crippen LogP) is 3.71. The SMILES string of the molecule is Cc1cc(C)c(CN(Cl)C(=O)c2csc(C(O)C3CCC(N)CC3)c2C)c(=O)[nH]1. The largest absolute Gasteiger partial charge is 0.387 e. The zero-order chi connectivity index (χ0) is 21.3. The zero-order valence-corrected chi connectivity index (χ0v) is 18.6. The molecule has 0 aliphatic heterocycles. The fourth-order valence-corrected chi connectivity index (χ4v) is 5.38. The molecule has 0 bridgehead atoms. The second-order valence-corrected chi connectivity index (χ2v) is 9.35. The van der Waals surface area contributed by atoms with E-state index in [1.165, 1.54) is 11.3 Å². The molecule has 6 nitrogen and oxygen atoms in total. The van der Waals surface area contributed by atoms with E-state index in [1.807, 2.05) is 26.8 Å². The van der Waals surface area contributed by atoms with Gasteiger partial charge in [0.15, 0.2) is 0 Å². The van der Waals surface area contributed by atoms with Gasteiger partial charge in [-0.05, 0) is 69.6 Å². The molecule has 29 heavy (non-hydrogen) atoms. The lowest BCUT2D eigenvalue weighted by Crippen LogP contribution is -2.29. The van der Waals surface area contributed by atoms with Crippen molar-refractivity contribution in [3.8, 4) is 0 Å². The van der Waals surface area contributed by atoms with Crippen LogP contribution in [0.4, 0.5) is 0 Å². The summed E-state index contributed by atoms with van der Waals surface area (Å²) >= 11 is 7.65. The number of pyridine rings is 1. The third-order valence-corrected chi connectivity index (χ3v) is 7.28. The molecule has 1 aliphatic rings. The standard InChI is InChI=1S/C21H28ClN3O3S/c1-11-8-12(2)24-20(27)16(11)9-25(22)21(28)17-10-29-19(13(17)3)18(26)14-4-6-15(23)7-5-14/h8,10,14-15,18,26H,4-7,9,23H2,1-3H3,(H,24,27). The number of halogens is 1. The first-order chi connectivity index (χ1) is 13.7. The maximum atomic E-state index is 12.9. The zero-order valence-electron chi connectivity index (χ0n) is 17.0. The van der Waals surface area contributed by atoms with Crippen LogP contribution in [0, 0.1) is 26.7 Å². The number of rotatable bonds is 5. The number of carbonyl (C=O) groups excluding carboxylic acids is 1. The van der Waals surface area contributed by atoms with Gasteiger partial charge in [-0.3, -0.25) is 9.59 Å². The lowest BCUT2D eigenvalue weighted by atomic mass is 9.82. The Morgan fingerprint density at radius 2 is 2.00 bits per heavy atom. The maximum Gasteiger partial charge on any atom is 0.269 e. The Morgan fingerprint density at radius 1 is 1.34 bits per heavy atom. The highest BCUT2D eigenvalue weighted by Gasteiger charge is 2.30. The Hall–Kier alpha value is -1.67. The Balaban J connectivity index is 1.76. The number of carbonyl (C=O) groups is 1. The summed E-state index contributed by atoms with van der Waals surface area (Å²) in [6.45, 7) is 5.48. The number of hydrogen-bond donors (Lipinski definition) is 3. The number of nitrogens with two attached hydrogens (primary N) is 1. The Morgan fingerprint density at radius 3 is 2.62 bits per heavy atom. The third kappa shape index (κ3) is 4.74. The van der Waals surface area contributed by atoms with E-state index in [1.54, 1.807) is 5.38 Å². The average Bonchev–Trinajstić information content (AvgIpc) is 3.05. The lowest BCUT2D eigenvalue weighted by molar-refractivity contribution is 0.0830. The fourth-order valence-electron chi connectivity index (χ4n) is 4.03. The second kappa shape index (κ2) is 9.00. The van der Waals surface area contributed by atoms with Crippen LogP contribution in [0.1, 0.15) is 69.4 Å². The van der Waals surface area contributed by atoms with Crippen LogP contribution in [-0.4, -0.2) is 26.5 Å². The third-order valence-electron chi connectivity index (χ3n) is 5.85. The van der Waals surface area contributed by atoms with Gasteiger partial charge in [-0.15, -0.1) is 11.3 Å². The Labute approximate surface area is 179 Å². The molecule has 3 rings (SSSR count). The van der Waals surface area contributed by atoms with Crippen LogP contribution >= 0.6 is 23.1 Å². The molecule has 1 unspecified atom stereocenters. The van der Waals surface area contributed by atoms with Gasteiger partial charge in [0.25, 0.3) is 11.5 Å². The maximum absolute atomic E-state index is 12.9. The van der Waals surface area contributed by atoms with Crippen molar-refractivity contribution in [3.63, 3.8) is 0 Å². The highest BCUT2D eigenvalue weighted by molar-refractivity contribution is 7.10. The molecule has 2 aromatic heterocycles. The van der Waals surface area contributed by atoms with Crippen LogP contribution < -0.4 is 11.3 Å². The Kier molecular flexibility index (Phi) is 6.83. The van der Waals surface area contributed by atoms with Crippen molar-refractivity contribution in [3.05, 3.63) is 54.6 Å². The fraction of sp³-hybridized carbons (Fsp3) is 0.524. The first-order valence-corrected chi connectivity index (χ1v) is 11.1. The van der Waals surface area contributed by atoms with Gasteiger partial charge in [0.05, 0.1) is 18.2 Å². The first kappa shape index (κ1) is 22.0. The molecule has 158 valence electrons. The molecule has 8 heteroatoms. The van der Waals surface area contributed by atoms with E-state index >= 15 is 0 Å². The van der Waals surface area contributed by atoms with E-state index in [4.69, 9.17) is 17.5 Å². The van der Waals surface area contributed by atoms with Gasteiger partial charge in [0.1, 0.15) is 0 Å². The quantitative estimate of drug-likeness (QED) is 0.621. The molecule has 1 aliphatic carbocycles. The normalized spacial score (nSPS) is 20.5. The molecule has 1 fully saturated rings. The number of aromatic amines is 1. The molecule has 0 aromatic carbocycles. The minimum Gasteiger partial charge on any atom is -0.387 e. The number of hydrogen-bond acceptors (Lipinski definition) is 5. The number of amides is 1. The molecule has 0 spiro atoms. The topological polar surface area (TPSA) is 99.4 Å². The summed E-state index contributed by atoms with van der Waals surface area (Å²) in [6, 6.07) is 2.07. The minimum atomic E-state index is -0.597. The van der Waals surface area contributed by atoms with Crippen molar-refractivity contribution < 1.29 is 9.90 Å². The van der Waals surface area contributed by atoms with Crippen molar-refractivity contribution in [2.75, 3.05) is 0 Å². The van der Waals surface area contributed by atoms with Crippen molar-refractivity contribution in [1.29, 1.82) is 0 Å². The smallest absolute Gasteiger partial charge is 0.269 e. The number of H-pyrrole nitrogens is 1. The molecule has 2 heterocycles. The highest BCUT2D eigenvalue weighted by atomic mass is 35.5. The molecular weight excluding hydrogens is 410 g/mol. The number of aliphatic hydroxyl groups is 1. The van der Waals surface area contributed by atoms with Gasteiger partial charge < -0.3 is 15.8 Å². The van der Waals surface area contributed by atoms with Crippen molar-refractivity contribution in [2.45, 2.75) is 65.1 Å². The number of nitrogens with zero attached hydrogens (tertiary/aromatic N) is 1. The van der Waals surface area contributed by atoms with Crippen LogP contribution in [-0.2, 0) is 6.54 Å². The molecule has 1 amide bonds. The monoisotopic (exact) mass is 437 g/mol. The van der Waals surface area contributed by atoms with Crippen molar-refractivity contribution >= 4 is 29.0 Å². The van der Waals surface area contributed by atoms with E-state index < -0.39 is 6.10 Å². The summed E-state index contributed by atoms with van der Waals surface area (Å²) in [5.41, 5.74) is 8.96. The molecule has 1 atom stereocenters. The summed E-state index contributed by atoms with van der Waals surface area (Å²) in [5.74, 6) is -0.208. The van der Waals surface area contributed by atoms with Crippen LogP contribution in [0.3, 0.4) is 0 Å². The van der Waals surface area contributed by atoms with E-state index in [0.29, 0.717) is 11.1 Å². The van der Waals surface area contributed by atoms with Gasteiger partial charge in [-0.2, -0.15) is 0 Å². The molecular formula is C21H28ClN3O3S. The number of aliphatic hydroxyl groups excluding tert-OH is 1. The van der Waals surface area contributed by atoms with Crippen molar-refractivity contribution in [2.24, 2.45) is 11.7 Å². The van der Waals surface area contributed by atoms with Crippen LogP contribution in [0.2, 0.25) is 0 Å². The van der Waals surface area contributed by atoms with E-state index in [2.05, 4.69) is 4.98 Å². The molecule has 0 saturated heterocycles. The lowest BCUT2D eigenvalue weighted by Gasteiger charge is -2.29. The first-order valence-electron chi connectivity index (χ1n) is 9.87. The van der Waals surface area contributed by atoms with E-state index in [-0.39, 0.29) is 30.0 Å². The Bertz CT molecular complexity index is 947. The van der Waals surface area contributed by atoms with Gasteiger partial charge in [-0.25, -0.2) is 4.42 Å². The number of aryl methyl sites for hydroxylation is 2. The summed E-state index contributed by atoms with van der Waals surface area (Å²) in [5, 5.41) is 12.6. The number of nitrogens with one attached hydrogen (secondary N) is 1. The number of thiophene rings is 1. The predicted molar refractivity (Wildman–Crippen MR) is 116 cm³/mol. The molecule has 2 aromatic rings. The van der Waals surface area contributed by atoms with Crippen molar-refractivity contribution in [1.82, 2.24) is 9.40 Å². The summed E-state index contributed by atoms with van der Waals surface area (Å²) in [7, 11) is 0.